The van der Waals surface area contributed by atoms with Gasteiger partial charge in [0.1, 0.15) is 0 Å². The molecule has 2 N–H and O–H groups in total. The van der Waals surface area contributed by atoms with Crippen LogP contribution in [0, 0.1) is 0 Å². The Bertz CT molecular complexity index is 447. The van der Waals surface area contributed by atoms with Gasteiger partial charge in [-0.1, -0.05) is 0 Å². The number of nitrogens with two attached hydrogens (primary N) is 1. The molecule has 0 spiro atoms. The summed E-state index contributed by atoms with van der Waals surface area (Å²) in [6, 6.07) is 6.10. The van der Waals surface area contributed by atoms with Crippen LogP contribution in [0.3, 0.4) is 0 Å². The third-order valence-corrected chi connectivity index (χ3v) is 4.33. The van der Waals surface area contributed by atoms with E-state index in [2.05, 4.69) is 25.0 Å². The number of hydrogen-bond acceptors (Lipinski definition) is 4. The Morgan fingerprint density at radius 1 is 1.38 bits per heavy atom. The number of benzene rings is 1. The largest absolute Gasteiger partial charge is 0.398 e. The molecule has 0 atom stereocenters. The summed E-state index contributed by atoms with van der Waals surface area (Å²) in [5, 5.41) is 1.19. The van der Waals surface area contributed by atoms with Crippen molar-refractivity contribution in [3.63, 3.8) is 0 Å². The Balaban J connectivity index is 2.75. The topological polar surface area (TPSA) is 26.0 Å². The fourth-order valence-corrected chi connectivity index (χ4v) is 3.15. The fourth-order valence-electron chi connectivity index (χ4n) is 1.24. The van der Waals surface area contributed by atoms with Crippen molar-refractivity contribution in [3.8, 4) is 0 Å². The molecule has 1 heterocycles. The molecule has 0 aliphatic rings. The summed E-state index contributed by atoms with van der Waals surface area (Å²) in [5.74, 6) is 0. The third-order valence-electron chi connectivity index (χ3n) is 1.81. The van der Waals surface area contributed by atoms with Crippen LogP contribution >= 0.6 is 35.7 Å². The zero-order valence-corrected chi connectivity index (χ0v) is 9.60. The minimum absolute atomic E-state index is 0.827. The Kier molecular flexibility index (Phi) is 2.45. The maximum atomic E-state index is 5.88. The predicted molar refractivity (Wildman–Crippen MR) is 65.3 cm³/mol. The molecule has 68 valence electrons. The van der Waals surface area contributed by atoms with Crippen molar-refractivity contribution in [2.45, 2.75) is 9.10 Å². The van der Waals surface area contributed by atoms with Crippen molar-refractivity contribution in [2.24, 2.45) is 0 Å². The standard InChI is InChI=1S/C9H9NS3/c1-12-8-3-5-2-6(11)4-7(10)9(5)13-8/h2-4,11H,10H2,1H3. The number of thioether (sulfide) groups is 1. The van der Waals surface area contributed by atoms with Gasteiger partial charge in [-0.15, -0.1) is 35.7 Å². The van der Waals surface area contributed by atoms with Gasteiger partial charge in [-0.3, -0.25) is 0 Å². The molecular weight excluding hydrogens is 218 g/mol. The van der Waals surface area contributed by atoms with Crippen molar-refractivity contribution in [2.75, 3.05) is 12.0 Å². The maximum Gasteiger partial charge on any atom is 0.0609 e. The van der Waals surface area contributed by atoms with Crippen LogP contribution in [0.15, 0.2) is 27.3 Å². The Morgan fingerprint density at radius 3 is 2.85 bits per heavy atom. The average Bonchev–Trinajstić information content (AvgIpc) is 2.47. The molecule has 1 aromatic heterocycles. The van der Waals surface area contributed by atoms with Gasteiger partial charge in [0.25, 0.3) is 0 Å². The van der Waals surface area contributed by atoms with Crippen LogP contribution in [0.5, 0.6) is 0 Å². The lowest BCUT2D eigenvalue weighted by atomic mass is 10.2. The molecule has 0 amide bonds. The van der Waals surface area contributed by atoms with Crippen LogP contribution in [-0.2, 0) is 0 Å². The van der Waals surface area contributed by atoms with Crippen molar-refractivity contribution < 1.29 is 0 Å². The first kappa shape index (κ1) is 9.24. The SMILES string of the molecule is CSc1cc2cc(S)cc(N)c2s1. The molecule has 0 unspecified atom stereocenters. The van der Waals surface area contributed by atoms with E-state index in [9.17, 15) is 0 Å². The van der Waals surface area contributed by atoms with Crippen LogP contribution < -0.4 is 5.73 Å². The highest BCUT2D eigenvalue weighted by Crippen LogP contribution is 2.36. The maximum absolute atomic E-state index is 5.88. The van der Waals surface area contributed by atoms with Gasteiger partial charge in [-0.2, -0.15) is 0 Å². The van der Waals surface area contributed by atoms with Gasteiger partial charge in [0.2, 0.25) is 0 Å². The van der Waals surface area contributed by atoms with E-state index in [0.717, 1.165) is 10.6 Å². The minimum Gasteiger partial charge on any atom is -0.398 e. The lowest BCUT2D eigenvalue weighted by Crippen LogP contribution is -1.83. The van der Waals surface area contributed by atoms with Crippen LogP contribution in [-0.4, -0.2) is 6.26 Å². The van der Waals surface area contributed by atoms with E-state index in [1.165, 1.54) is 14.3 Å². The summed E-state index contributed by atoms with van der Waals surface area (Å²) < 4.78 is 2.46. The quantitative estimate of drug-likeness (QED) is 0.443. The van der Waals surface area contributed by atoms with Gasteiger partial charge < -0.3 is 5.73 Å². The molecule has 2 rings (SSSR count). The molecular formula is C9H9NS3. The number of hydrogen-bond donors (Lipinski definition) is 2. The Labute approximate surface area is 90.7 Å². The van der Waals surface area contributed by atoms with Crippen LogP contribution in [0.4, 0.5) is 5.69 Å². The van der Waals surface area contributed by atoms with E-state index in [0.29, 0.717) is 0 Å². The number of thiol groups is 1. The normalized spacial score (nSPS) is 10.9. The number of fused-ring (bicyclic) bond motifs is 1. The average molecular weight is 227 g/mol. The summed E-state index contributed by atoms with van der Waals surface area (Å²) in [5.41, 5.74) is 6.70. The van der Waals surface area contributed by atoms with Crippen LogP contribution in [0.1, 0.15) is 0 Å². The smallest absolute Gasteiger partial charge is 0.0609 e. The van der Waals surface area contributed by atoms with E-state index in [4.69, 9.17) is 5.73 Å². The Morgan fingerprint density at radius 2 is 2.15 bits per heavy atom. The third kappa shape index (κ3) is 1.66. The molecule has 0 saturated heterocycles. The van der Waals surface area contributed by atoms with E-state index >= 15 is 0 Å². The van der Waals surface area contributed by atoms with Gasteiger partial charge in [0.05, 0.1) is 14.6 Å². The molecule has 13 heavy (non-hydrogen) atoms. The summed E-state index contributed by atoms with van der Waals surface area (Å²) in [6.45, 7) is 0. The molecule has 1 nitrogen and oxygen atoms in total. The van der Waals surface area contributed by atoms with Gasteiger partial charge in [0.15, 0.2) is 0 Å². The highest BCUT2D eigenvalue weighted by molar-refractivity contribution is 8.00. The molecule has 2 aromatic rings. The second-order valence-electron chi connectivity index (χ2n) is 2.72. The first-order valence-corrected chi connectivity index (χ1v) is 6.25. The van der Waals surface area contributed by atoms with Crippen LogP contribution in [0.2, 0.25) is 0 Å². The summed E-state index contributed by atoms with van der Waals surface area (Å²) >= 11 is 7.77. The number of rotatable bonds is 1. The molecule has 1 aromatic carbocycles. The van der Waals surface area contributed by atoms with Gasteiger partial charge in [-0.05, 0) is 29.8 Å². The summed E-state index contributed by atoms with van der Waals surface area (Å²) in [6.07, 6.45) is 2.07. The first-order valence-electron chi connectivity index (χ1n) is 3.76. The Hall–Kier alpha value is -0.320. The number of nitrogen functional groups attached to an aromatic ring is 1. The molecule has 0 bridgehead atoms. The lowest BCUT2D eigenvalue weighted by molar-refractivity contribution is 1.53. The second-order valence-corrected chi connectivity index (χ2v) is 5.40. The van der Waals surface area contributed by atoms with Crippen molar-refractivity contribution in [3.05, 3.63) is 18.2 Å². The van der Waals surface area contributed by atoms with Gasteiger partial charge in [0, 0.05) is 4.90 Å². The highest BCUT2D eigenvalue weighted by Gasteiger charge is 2.04. The summed E-state index contributed by atoms with van der Waals surface area (Å²) in [4.78, 5) is 0.926. The van der Waals surface area contributed by atoms with E-state index < -0.39 is 0 Å². The zero-order valence-electron chi connectivity index (χ0n) is 7.07. The lowest BCUT2D eigenvalue weighted by Gasteiger charge is -1.96. The van der Waals surface area contributed by atoms with Gasteiger partial charge in [-0.25, -0.2) is 0 Å². The minimum atomic E-state index is 0.827. The fraction of sp³-hybridized carbons (Fsp3) is 0.111. The number of thiophene rings is 1. The predicted octanol–water partition coefficient (Wildman–Crippen LogP) is 3.49. The van der Waals surface area contributed by atoms with Crippen molar-refractivity contribution in [1.29, 1.82) is 0 Å². The van der Waals surface area contributed by atoms with E-state index in [1.807, 2.05) is 12.1 Å². The van der Waals surface area contributed by atoms with E-state index in [1.54, 1.807) is 23.1 Å². The summed E-state index contributed by atoms with van der Waals surface area (Å²) in [7, 11) is 0. The first-order chi connectivity index (χ1) is 6.20. The van der Waals surface area contributed by atoms with Crippen molar-refractivity contribution >= 4 is 51.5 Å². The van der Waals surface area contributed by atoms with Crippen molar-refractivity contribution in [1.82, 2.24) is 0 Å². The molecule has 0 aliphatic heterocycles. The van der Waals surface area contributed by atoms with E-state index in [-0.39, 0.29) is 0 Å². The number of anilines is 1. The molecule has 0 fully saturated rings. The van der Waals surface area contributed by atoms with Crippen LogP contribution in [0.25, 0.3) is 10.1 Å². The zero-order chi connectivity index (χ0) is 9.42. The molecule has 0 radical (unpaired) electrons. The van der Waals surface area contributed by atoms with Gasteiger partial charge >= 0.3 is 0 Å². The molecule has 0 aliphatic carbocycles. The highest BCUT2D eigenvalue weighted by atomic mass is 32.2. The molecule has 4 heteroatoms. The second kappa shape index (κ2) is 3.44. The molecule has 0 saturated carbocycles. The monoisotopic (exact) mass is 227 g/mol.